The number of imidazole rings is 1. The molecule has 4 rings (SSSR count). The predicted molar refractivity (Wildman–Crippen MR) is 126 cm³/mol. The van der Waals surface area contributed by atoms with E-state index >= 15 is 0 Å². The highest BCUT2D eigenvalue weighted by atomic mass is 32.1. The fourth-order valence-electron chi connectivity index (χ4n) is 3.52. The molecule has 0 saturated carbocycles. The summed E-state index contributed by atoms with van der Waals surface area (Å²) in [6.07, 6.45) is 3.34. The molecule has 8 nitrogen and oxygen atoms in total. The molecule has 1 aromatic carbocycles. The zero-order chi connectivity index (χ0) is 23.2. The van der Waals surface area contributed by atoms with Crippen molar-refractivity contribution < 1.29 is 14.3 Å². The molecule has 0 atom stereocenters. The second-order valence-electron chi connectivity index (χ2n) is 8.63. The Morgan fingerprint density at radius 2 is 1.94 bits per heavy atom. The fourth-order valence-corrected chi connectivity index (χ4v) is 4.54. The van der Waals surface area contributed by atoms with Crippen molar-refractivity contribution in [2.75, 3.05) is 5.32 Å². The molecule has 0 aliphatic carbocycles. The van der Waals surface area contributed by atoms with Crippen LogP contribution in [0.25, 0.3) is 32.4 Å². The summed E-state index contributed by atoms with van der Waals surface area (Å²) in [5, 5.41) is 3.18. The minimum absolute atomic E-state index is 0.00967. The number of aryl methyl sites for hydroxylation is 2. The fraction of sp³-hybridized carbons (Fsp3) is 0.348. The van der Waals surface area contributed by atoms with Gasteiger partial charge in [0, 0.05) is 30.8 Å². The van der Waals surface area contributed by atoms with Gasteiger partial charge in [0.25, 0.3) is 0 Å². The predicted octanol–water partition coefficient (Wildman–Crippen LogP) is 5.49. The minimum atomic E-state index is -0.598. The van der Waals surface area contributed by atoms with Gasteiger partial charge in [-0.25, -0.2) is 14.8 Å². The lowest BCUT2D eigenvalue weighted by Gasteiger charge is -2.18. The van der Waals surface area contributed by atoms with Gasteiger partial charge in [-0.15, -0.1) is 0 Å². The van der Waals surface area contributed by atoms with Crippen molar-refractivity contribution >= 4 is 49.6 Å². The molecule has 0 aliphatic rings. The van der Waals surface area contributed by atoms with Crippen LogP contribution in [0.4, 0.5) is 9.93 Å². The lowest BCUT2D eigenvalue weighted by atomic mass is 9.99. The van der Waals surface area contributed by atoms with Crippen LogP contribution in [-0.4, -0.2) is 37.0 Å². The molecule has 0 bridgehead atoms. The van der Waals surface area contributed by atoms with Crippen molar-refractivity contribution in [1.82, 2.24) is 19.5 Å². The van der Waals surface area contributed by atoms with Crippen LogP contribution in [0.15, 0.2) is 24.7 Å². The van der Waals surface area contributed by atoms with Gasteiger partial charge in [0.15, 0.2) is 10.9 Å². The smallest absolute Gasteiger partial charge is 0.413 e. The Bertz CT molecular complexity index is 1360. The summed E-state index contributed by atoms with van der Waals surface area (Å²) in [4.78, 5) is 37.9. The lowest BCUT2D eigenvalue weighted by molar-refractivity contribution is 0.0635. The van der Waals surface area contributed by atoms with E-state index in [4.69, 9.17) is 4.74 Å². The average molecular weight is 452 g/mol. The molecule has 0 saturated heterocycles. The maximum atomic E-state index is 12.2. The van der Waals surface area contributed by atoms with Crippen molar-refractivity contribution in [3.63, 3.8) is 0 Å². The number of Topliss-reactive ketones (excluding diaryl/α,β-unsaturated/α-hetero) is 1. The van der Waals surface area contributed by atoms with E-state index in [9.17, 15) is 9.59 Å². The number of hydrogen-bond donors (Lipinski definition) is 1. The van der Waals surface area contributed by atoms with Crippen molar-refractivity contribution in [3.8, 4) is 11.1 Å². The Morgan fingerprint density at radius 3 is 2.59 bits per heavy atom. The van der Waals surface area contributed by atoms with E-state index in [2.05, 4.69) is 20.3 Å². The first-order valence-corrected chi connectivity index (χ1v) is 11.1. The molecule has 0 unspecified atom stereocenters. The van der Waals surface area contributed by atoms with Crippen molar-refractivity contribution in [3.05, 3.63) is 35.9 Å². The second-order valence-corrected chi connectivity index (χ2v) is 9.63. The number of fused-ring (bicyclic) bond motifs is 3. The summed E-state index contributed by atoms with van der Waals surface area (Å²) < 4.78 is 8.20. The summed E-state index contributed by atoms with van der Waals surface area (Å²) in [7, 11) is 1.92. The molecule has 9 heteroatoms. The first-order chi connectivity index (χ1) is 15.1. The topological polar surface area (TPSA) is 99.0 Å². The summed E-state index contributed by atoms with van der Waals surface area (Å²) >= 11 is 1.37. The number of amides is 1. The first-order valence-electron chi connectivity index (χ1n) is 10.3. The highest BCUT2D eigenvalue weighted by Gasteiger charge is 2.21. The number of aromatic nitrogens is 4. The number of hydrogen-bond acceptors (Lipinski definition) is 7. The number of ketones is 1. The molecule has 166 valence electrons. The molecule has 4 aromatic rings. The van der Waals surface area contributed by atoms with Gasteiger partial charge < -0.3 is 9.30 Å². The van der Waals surface area contributed by atoms with E-state index in [1.807, 2.05) is 58.4 Å². The summed E-state index contributed by atoms with van der Waals surface area (Å²) in [6, 6.07) is 3.77. The van der Waals surface area contributed by atoms with Crippen LogP contribution in [-0.2, 0) is 11.8 Å². The SMILES string of the molecule is CCC(=O)c1cc(C)c(-c2cc3nc(NC(=O)OC(C)(C)C)sc3c3c2ncn3C)cn1. The Kier molecular flexibility index (Phi) is 5.46. The van der Waals surface area contributed by atoms with E-state index in [1.165, 1.54) is 11.3 Å². The van der Waals surface area contributed by atoms with E-state index < -0.39 is 11.7 Å². The van der Waals surface area contributed by atoms with Crippen LogP contribution in [0.2, 0.25) is 0 Å². The number of anilines is 1. The molecule has 3 heterocycles. The van der Waals surface area contributed by atoms with Gasteiger partial charge in [-0.1, -0.05) is 18.3 Å². The molecule has 1 amide bonds. The zero-order valence-electron chi connectivity index (χ0n) is 18.9. The van der Waals surface area contributed by atoms with Gasteiger partial charge in [-0.3, -0.25) is 15.1 Å². The molecule has 0 spiro atoms. The summed E-state index contributed by atoms with van der Waals surface area (Å²) in [6.45, 7) is 9.22. The Hall–Kier alpha value is -3.33. The first kappa shape index (κ1) is 21.9. The number of benzene rings is 1. The van der Waals surface area contributed by atoms with Gasteiger partial charge in [0.1, 0.15) is 11.3 Å². The minimum Gasteiger partial charge on any atom is -0.444 e. The molecule has 32 heavy (non-hydrogen) atoms. The molecular formula is C23H25N5O3S. The van der Waals surface area contributed by atoms with E-state index in [0.29, 0.717) is 17.2 Å². The standard InChI is InChI=1S/C23H25N5O3S/c1-7-17(29)15-8-12(2)14(10-24-15)13-9-16-20(19-18(13)25-11-28(19)6)32-21(26-16)27-22(30)31-23(3,4)5/h8-11H,7H2,1-6H3,(H,26,27,30). The number of ether oxygens (including phenoxy) is 1. The highest BCUT2D eigenvalue weighted by Crippen LogP contribution is 2.39. The molecule has 0 fully saturated rings. The third-order valence-corrected chi connectivity index (χ3v) is 5.95. The van der Waals surface area contributed by atoms with Crippen LogP contribution >= 0.6 is 11.3 Å². The van der Waals surface area contributed by atoms with Gasteiger partial charge in [0.2, 0.25) is 0 Å². The largest absolute Gasteiger partial charge is 0.444 e. The third-order valence-electron chi connectivity index (χ3n) is 4.96. The van der Waals surface area contributed by atoms with Crippen molar-refractivity contribution in [2.24, 2.45) is 7.05 Å². The summed E-state index contributed by atoms with van der Waals surface area (Å²) in [5.41, 5.74) is 5.03. The number of pyridine rings is 1. The molecule has 1 N–H and O–H groups in total. The third kappa shape index (κ3) is 4.08. The number of nitrogens with zero attached hydrogens (tertiary/aromatic N) is 4. The molecular weight excluding hydrogens is 426 g/mol. The van der Waals surface area contributed by atoms with Crippen molar-refractivity contribution in [2.45, 2.75) is 46.6 Å². The highest BCUT2D eigenvalue weighted by molar-refractivity contribution is 7.23. The molecule has 0 radical (unpaired) electrons. The zero-order valence-corrected chi connectivity index (χ0v) is 19.8. The van der Waals surface area contributed by atoms with Crippen molar-refractivity contribution in [1.29, 1.82) is 0 Å². The number of carbonyl (C=O) groups is 2. The van der Waals surface area contributed by atoms with Crippen LogP contribution in [0.1, 0.15) is 50.2 Å². The number of carbonyl (C=O) groups excluding carboxylic acids is 2. The quantitative estimate of drug-likeness (QED) is 0.412. The number of thiazole rings is 1. The maximum absolute atomic E-state index is 12.2. The van der Waals surface area contributed by atoms with E-state index in [-0.39, 0.29) is 5.78 Å². The number of nitrogens with one attached hydrogen (secondary N) is 1. The molecule has 3 aromatic heterocycles. The molecule has 0 aliphatic heterocycles. The average Bonchev–Trinajstić information content (AvgIpc) is 3.28. The van der Waals surface area contributed by atoms with Gasteiger partial charge in [-0.05, 0) is 45.4 Å². The Balaban J connectivity index is 1.83. The van der Waals surface area contributed by atoms with Gasteiger partial charge in [0.05, 0.1) is 27.6 Å². The van der Waals surface area contributed by atoms with Crippen LogP contribution < -0.4 is 5.32 Å². The monoisotopic (exact) mass is 451 g/mol. The maximum Gasteiger partial charge on any atom is 0.413 e. The van der Waals surface area contributed by atoms with E-state index in [1.54, 1.807) is 12.5 Å². The number of rotatable bonds is 4. The second kappa shape index (κ2) is 7.98. The van der Waals surface area contributed by atoms with Crippen LogP contribution in [0.5, 0.6) is 0 Å². The van der Waals surface area contributed by atoms with Gasteiger partial charge >= 0.3 is 6.09 Å². The van der Waals surface area contributed by atoms with E-state index in [0.717, 1.165) is 37.9 Å². The Labute approximate surface area is 189 Å². The lowest BCUT2D eigenvalue weighted by Crippen LogP contribution is -2.27. The van der Waals surface area contributed by atoms with Gasteiger partial charge in [-0.2, -0.15) is 0 Å². The Morgan fingerprint density at radius 1 is 1.19 bits per heavy atom. The summed E-state index contributed by atoms with van der Waals surface area (Å²) in [5.74, 6) is 0.00967. The van der Waals surface area contributed by atoms with Crippen LogP contribution in [0.3, 0.4) is 0 Å². The normalized spacial score (nSPS) is 11.8. The van der Waals surface area contributed by atoms with Crippen LogP contribution in [0, 0.1) is 6.92 Å².